The van der Waals surface area contributed by atoms with Crippen molar-refractivity contribution in [2.24, 2.45) is 0 Å². The highest BCUT2D eigenvalue weighted by Gasteiger charge is 2.25. The van der Waals surface area contributed by atoms with Crippen molar-refractivity contribution in [2.75, 3.05) is 13.1 Å². The summed E-state index contributed by atoms with van der Waals surface area (Å²) in [7, 11) is -3.62. The van der Waals surface area contributed by atoms with Gasteiger partial charge in [0, 0.05) is 6.54 Å². The van der Waals surface area contributed by atoms with E-state index in [1.54, 1.807) is 12.1 Å². The monoisotopic (exact) mass is 295 g/mol. The summed E-state index contributed by atoms with van der Waals surface area (Å²) >= 11 is 0. The fourth-order valence-electron chi connectivity index (χ4n) is 2.00. The molecule has 0 radical (unpaired) electrons. The van der Waals surface area contributed by atoms with Crippen LogP contribution < -0.4 is 0 Å². The molecule has 0 aliphatic rings. The van der Waals surface area contributed by atoms with Crippen molar-refractivity contribution >= 4 is 10.0 Å². The summed E-state index contributed by atoms with van der Waals surface area (Å²) in [5.74, 6) is 2.39. The Labute approximate surface area is 121 Å². The predicted molar refractivity (Wildman–Crippen MR) is 79.6 cm³/mol. The summed E-state index contributed by atoms with van der Waals surface area (Å²) in [6.45, 7) is 4.07. The standard InChI is InChI=1S/C15H21NO3S/c1-4-9-16(10-5-2)20(18,19)15-11-13(12-17)7-8-14(15)6-3/h1,7-8,11,17H,5-6,9-10,12H2,2-3H3. The van der Waals surface area contributed by atoms with Gasteiger partial charge in [-0.2, -0.15) is 4.31 Å². The van der Waals surface area contributed by atoms with Crippen molar-refractivity contribution in [1.29, 1.82) is 0 Å². The van der Waals surface area contributed by atoms with E-state index in [1.807, 2.05) is 13.8 Å². The highest BCUT2D eigenvalue weighted by Crippen LogP contribution is 2.22. The number of nitrogens with zero attached hydrogens (tertiary/aromatic N) is 1. The summed E-state index contributed by atoms with van der Waals surface area (Å²) in [5, 5.41) is 9.20. The van der Waals surface area contributed by atoms with E-state index in [0.29, 0.717) is 24.9 Å². The average Bonchev–Trinajstić information content (AvgIpc) is 2.46. The minimum atomic E-state index is -3.62. The fraction of sp³-hybridized carbons (Fsp3) is 0.467. The zero-order valence-electron chi connectivity index (χ0n) is 12.0. The zero-order chi connectivity index (χ0) is 15.2. The topological polar surface area (TPSA) is 57.6 Å². The fourth-order valence-corrected chi connectivity index (χ4v) is 3.79. The van der Waals surface area contributed by atoms with Crippen LogP contribution in [0.5, 0.6) is 0 Å². The van der Waals surface area contributed by atoms with Crippen LogP contribution in [0.3, 0.4) is 0 Å². The highest BCUT2D eigenvalue weighted by molar-refractivity contribution is 7.89. The van der Waals surface area contributed by atoms with Gasteiger partial charge in [0.05, 0.1) is 18.0 Å². The lowest BCUT2D eigenvalue weighted by atomic mass is 10.1. The van der Waals surface area contributed by atoms with E-state index in [0.717, 1.165) is 5.56 Å². The summed E-state index contributed by atoms with van der Waals surface area (Å²) in [6, 6.07) is 5.02. The zero-order valence-corrected chi connectivity index (χ0v) is 12.8. The minimum Gasteiger partial charge on any atom is -0.392 e. The Kier molecular flexibility index (Phi) is 6.21. The average molecular weight is 295 g/mol. The second-order valence-corrected chi connectivity index (χ2v) is 6.40. The third kappa shape index (κ3) is 3.60. The first kappa shape index (κ1) is 16.7. The van der Waals surface area contributed by atoms with E-state index in [9.17, 15) is 13.5 Å². The Morgan fingerprint density at radius 2 is 2.05 bits per heavy atom. The van der Waals surface area contributed by atoms with Crippen LogP contribution in [0, 0.1) is 12.3 Å². The summed E-state index contributed by atoms with van der Waals surface area (Å²) < 4.78 is 26.7. The number of benzene rings is 1. The normalized spacial score (nSPS) is 11.6. The maximum atomic E-state index is 12.7. The molecule has 4 nitrogen and oxygen atoms in total. The molecule has 1 aromatic carbocycles. The molecule has 1 aromatic rings. The van der Waals surface area contributed by atoms with Crippen molar-refractivity contribution in [2.45, 2.75) is 38.2 Å². The molecule has 0 bridgehead atoms. The van der Waals surface area contributed by atoms with Gasteiger partial charge in [-0.1, -0.05) is 31.9 Å². The molecule has 0 aliphatic carbocycles. The van der Waals surface area contributed by atoms with Gasteiger partial charge in [-0.25, -0.2) is 8.42 Å². The van der Waals surface area contributed by atoms with Crippen molar-refractivity contribution in [3.8, 4) is 12.3 Å². The molecule has 0 saturated heterocycles. The molecule has 0 heterocycles. The molecule has 20 heavy (non-hydrogen) atoms. The SMILES string of the molecule is C#CCN(CCC)S(=O)(=O)c1cc(CO)ccc1CC. The van der Waals surface area contributed by atoms with Crippen LogP contribution in [0.25, 0.3) is 0 Å². The van der Waals surface area contributed by atoms with Crippen LogP contribution in [-0.4, -0.2) is 30.9 Å². The molecule has 1 rings (SSSR count). The van der Waals surface area contributed by atoms with E-state index in [-0.39, 0.29) is 18.0 Å². The number of hydrogen-bond donors (Lipinski definition) is 1. The van der Waals surface area contributed by atoms with E-state index in [2.05, 4.69) is 5.92 Å². The van der Waals surface area contributed by atoms with Crippen molar-refractivity contribution in [3.63, 3.8) is 0 Å². The third-order valence-electron chi connectivity index (χ3n) is 3.05. The molecule has 0 aromatic heterocycles. The van der Waals surface area contributed by atoms with Gasteiger partial charge in [0.15, 0.2) is 0 Å². The lowest BCUT2D eigenvalue weighted by Gasteiger charge is -2.21. The Balaban J connectivity index is 3.35. The molecule has 0 unspecified atom stereocenters. The molecule has 110 valence electrons. The lowest BCUT2D eigenvalue weighted by molar-refractivity contribution is 0.281. The van der Waals surface area contributed by atoms with E-state index in [1.165, 1.54) is 10.4 Å². The molecule has 0 amide bonds. The highest BCUT2D eigenvalue weighted by atomic mass is 32.2. The van der Waals surface area contributed by atoms with Gasteiger partial charge in [-0.3, -0.25) is 0 Å². The number of aliphatic hydroxyl groups excluding tert-OH is 1. The number of sulfonamides is 1. The van der Waals surface area contributed by atoms with Crippen molar-refractivity contribution < 1.29 is 13.5 Å². The van der Waals surface area contributed by atoms with Crippen LogP contribution in [0.15, 0.2) is 23.1 Å². The number of rotatable bonds is 7. The second kappa shape index (κ2) is 7.44. The van der Waals surface area contributed by atoms with E-state index >= 15 is 0 Å². The summed E-state index contributed by atoms with van der Waals surface area (Å²) in [4.78, 5) is 0.246. The van der Waals surface area contributed by atoms with E-state index in [4.69, 9.17) is 6.42 Å². The third-order valence-corrected chi connectivity index (χ3v) is 4.98. The minimum absolute atomic E-state index is 0.0582. The van der Waals surface area contributed by atoms with Crippen molar-refractivity contribution in [1.82, 2.24) is 4.31 Å². The Morgan fingerprint density at radius 3 is 2.55 bits per heavy atom. The van der Waals surface area contributed by atoms with Crippen LogP contribution in [-0.2, 0) is 23.1 Å². The number of aliphatic hydroxyl groups is 1. The first-order valence-electron chi connectivity index (χ1n) is 6.67. The van der Waals surface area contributed by atoms with Gasteiger partial charge in [-0.05, 0) is 30.0 Å². The Morgan fingerprint density at radius 1 is 1.35 bits per heavy atom. The first-order valence-corrected chi connectivity index (χ1v) is 8.11. The van der Waals surface area contributed by atoms with Gasteiger partial charge >= 0.3 is 0 Å². The van der Waals surface area contributed by atoms with Crippen LogP contribution in [0.4, 0.5) is 0 Å². The quantitative estimate of drug-likeness (QED) is 0.780. The number of hydrogen-bond acceptors (Lipinski definition) is 3. The second-order valence-electron chi connectivity index (χ2n) is 4.50. The first-order chi connectivity index (χ1) is 9.51. The molecular weight excluding hydrogens is 274 g/mol. The summed E-state index contributed by atoms with van der Waals surface area (Å²) in [5.41, 5.74) is 1.32. The molecule has 0 spiro atoms. The predicted octanol–water partition coefficient (Wildman–Crippen LogP) is 1.78. The van der Waals surface area contributed by atoms with Crippen molar-refractivity contribution in [3.05, 3.63) is 29.3 Å². The Bertz CT molecular complexity index is 588. The van der Waals surface area contributed by atoms with Gasteiger partial charge in [0.2, 0.25) is 10.0 Å². The van der Waals surface area contributed by atoms with Crippen LogP contribution in [0.2, 0.25) is 0 Å². The van der Waals surface area contributed by atoms with Gasteiger partial charge in [0.1, 0.15) is 0 Å². The largest absolute Gasteiger partial charge is 0.392 e. The molecule has 5 heteroatoms. The maximum Gasteiger partial charge on any atom is 0.244 e. The van der Waals surface area contributed by atoms with E-state index < -0.39 is 10.0 Å². The molecule has 0 fully saturated rings. The lowest BCUT2D eigenvalue weighted by Crippen LogP contribution is -2.33. The Hall–Kier alpha value is -1.35. The molecule has 0 saturated carbocycles. The number of terminal acetylenes is 1. The molecule has 0 atom stereocenters. The summed E-state index contributed by atoms with van der Waals surface area (Å²) in [6.07, 6.45) is 6.57. The molecular formula is C15H21NO3S. The van der Waals surface area contributed by atoms with Gasteiger partial charge in [0.25, 0.3) is 0 Å². The van der Waals surface area contributed by atoms with Crippen LogP contribution >= 0.6 is 0 Å². The molecule has 1 N–H and O–H groups in total. The number of aryl methyl sites for hydroxylation is 1. The maximum absolute atomic E-state index is 12.7. The molecule has 0 aliphatic heterocycles. The smallest absolute Gasteiger partial charge is 0.244 e. The van der Waals surface area contributed by atoms with Crippen LogP contribution in [0.1, 0.15) is 31.4 Å². The van der Waals surface area contributed by atoms with Gasteiger partial charge in [-0.15, -0.1) is 6.42 Å². The van der Waals surface area contributed by atoms with Gasteiger partial charge < -0.3 is 5.11 Å².